The summed E-state index contributed by atoms with van der Waals surface area (Å²) in [5, 5.41) is 4.71. The van der Waals surface area contributed by atoms with E-state index in [-0.39, 0.29) is 6.04 Å². The maximum atomic E-state index is 6.17. The number of hydrogen-bond donors (Lipinski definition) is 1. The first-order valence-electron chi connectivity index (χ1n) is 5.42. The summed E-state index contributed by atoms with van der Waals surface area (Å²) in [6.07, 6.45) is 5.03. The zero-order valence-electron chi connectivity index (χ0n) is 9.47. The minimum absolute atomic E-state index is 0.209. The zero-order valence-corrected chi connectivity index (χ0v) is 11.0. The molecule has 16 heavy (non-hydrogen) atoms. The van der Waals surface area contributed by atoms with E-state index in [1.807, 2.05) is 31.3 Å². The van der Waals surface area contributed by atoms with Gasteiger partial charge in [-0.25, -0.2) is 0 Å². The summed E-state index contributed by atoms with van der Waals surface area (Å²) < 4.78 is 0. The number of hydrogen-bond acceptors (Lipinski definition) is 1. The van der Waals surface area contributed by atoms with Gasteiger partial charge in [0.2, 0.25) is 0 Å². The molecule has 88 valence electrons. The van der Waals surface area contributed by atoms with Crippen LogP contribution in [0, 0.1) is 0 Å². The van der Waals surface area contributed by atoms with Crippen molar-refractivity contribution in [2.45, 2.75) is 25.3 Å². The number of nitrogens with one attached hydrogen (secondary N) is 1. The molecule has 0 bridgehead atoms. The maximum absolute atomic E-state index is 6.17. The minimum atomic E-state index is 0.209. The molecule has 0 saturated carbocycles. The van der Waals surface area contributed by atoms with E-state index in [4.69, 9.17) is 23.2 Å². The van der Waals surface area contributed by atoms with Crippen LogP contribution in [-0.2, 0) is 0 Å². The quantitative estimate of drug-likeness (QED) is 0.580. The highest BCUT2D eigenvalue weighted by atomic mass is 35.5. The van der Waals surface area contributed by atoms with Crippen molar-refractivity contribution in [3.63, 3.8) is 0 Å². The van der Waals surface area contributed by atoms with Crippen LogP contribution in [0.5, 0.6) is 0 Å². The average Bonchev–Trinajstić information content (AvgIpc) is 2.26. The second-order valence-corrected chi connectivity index (χ2v) is 4.51. The van der Waals surface area contributed by atoms with Gasteiger partial charge >= 0.3 is 0 Å². The van der Waals surface area contributed by atoms with Crippen LogP contribution in [0.2, 0.25) is 10.0 Å². The second kappa shape index (κ2) is 6.95. The number of rotatable bonds is 6. The van der Waals surface area contributed by atoms with Crippen LogP contribution in [0.25, 0.3) is 0 Å². The molecular weight excluding hydrogens is 241 g/mol. The molecule has 1 N–H and O–H groups in total. The Morgan fingerprint density at radius 3 is 2.50 bits per heavy atom. The normalized spacial score (nSPS) is 12.4. The standard InChI is InChI=1S/C13H17Cl2N/c1-3-4-5-9-12(16-2)13-10(14)7-6-8-11(13)15/h3,6-8,12,16H,1,4-5,9H2,2H3. The monoisotopic (exact) mass is 257 g/mol. The van der Waals surface area contributed by atoms with Crippen molar-refractivity contribution in [3.8, 4) is 0 Å². The van der Waals surface area contributed by atoms with E-state index in [0.717, 1.165) is 34.9 Å². The Morgan fingerprint density at radius 1 is 1.38 bits per heavy atom. The van der Waals surface area contributed by atoms with E-state index in [9.17, 15) is 0 Å². The van der Waals surface area contributed by atoms with Crippen LogP contribution in [-0.4, -0.2) is 7.05 Å². The maximum Gasteiger partial charge on any atom is 0.0468 e. The Hall–Kier alpha value is -0.500. The van der Waals surface area contributed by atoms with Gasteiger partial charge in [-0.3, -0.25) is 0 Å². The number of unbranched alkanes of at least 4 members (excludes halogenated alkanes) is 1. The molecular formula is C13H17Cl2N. The average molecular weight is 258 g/mol. The van der Waals surface area contributed by atoms with Crippen LogP contribution in [0.15, 0.2) is 30.9 Å². The SMILES string of the molecule is C=CCCCC(NC)c1c(Cl)cccc1Cl. The summed E-state index contributed by atoms with van der Waals surface area (Å²) in [5.41, 5.74) is 0.998. The predicted molar refractivity (Wildman–Crippen MR) is 72.3 cm³/mol. The van der Waals surface area contributed by atoms with Gasteiger partial charge in [0.15, 0.2) is 0 Å². The van der Waals surface area contributed by atoms with Crippen molar-refractivity contribution in [1.82, 2.24) is 5.32 Å². The highest BCUT2D eigenvalue weighted by molar-refractivity contribution is 6.36. The van der Waals surface area contributed by atoms with Gasteiger partial charge in [0, 0.05) is 21.7 Å². The molecule has 1 aromatic carbocycles. The molecule has 0 aliphatic carbocycles. The molecule has 0 saturated heterocycles. The van der Waals surface area contributed by atoms with Gasteiger partial charge in [0.25, 0.3) is 0 Å². The fourth-order valence-electron chi connectivity index (χ4n) is 1.74. The largest absolute Gasteiger partial charge is 0.313 e. The van der Waals surface area contributed by atoms with E-state index in [2.05, 4.69) is 11.9 Å². The van der Waals surface area contributed by atoms with Crippen LogP contribution in [0.1, 0.15) is 30.9 Å². The van der Waals surface area contributed by atoms with Crippen molar-refractivity contribution >= 4 is 23.2 Å². The highest BCUT2D eigenvalue weighted by Gasteiger charge is 2.15. The van der Waals surface area contributed by atoms with E-state index < -0.39 is 0 Å². The van der Waals surface area contributed by atoms with E-state index in [1.165, 1.54) is 0 Å². The fourth-order valence-corrected chi connectivity index (χ4v) is 2.40. The number of halogens is 2. The van der Waals surface area contributed by atoms with Crippen molar-refractivity contribution in [1.29, 1.82) is 0 Å². The minimum Gasteiger partial charge on any atom is -0.313 e. The van der Waals surface area contributed by atoms with Crippen molar-refractivity contribution in [2.75, 3.05) is 7.05 Å². The third-order valence-corrected chi connectivity index (χ3v) is 3.26. The van der Waals surface area contributed by atoms with E-state index >= 15 is 0 Å². The highest BCUT2D eigenvalue weighted by Crippen LogP contribution is 2.32. The molecule has 0 aliphatic heterocycles. The second-order valence-electron chi connectivity index (χ2n) is 3.70. The van der Waals surface area contributed by atoms with Gasteiger partial charge in [-0.1, -0.05) is 35.3 Å². The summed E-state index contributed by atoms with van der Waals surface area (Å²) in [6.45, 7) is 3.72. The third kappa shape index (κ3) is 3.51. The summed E-state index contributed by atoms with van der Waals surface area (Å²) in [5.74, 6) is 0. The Bertz CT molecular complexity index is 330. The Morgan fingerprint density at radius 2 is 2.00 bits per heavy atom. The topological polar surface area (TPSA) is 12.0 Å². The lowest BCUT2D eigenvalue weighted by Crippen LogP contribution is -2.17. The molecule has 1 unspecified atom stereocenters. The van der Waals surface area contributed by atoms with Gasteiger partial charge in [-0.15, -0.1) is 6.58 Å². The molecule has 1 rings (SSSR count). The first-order chi connectivity index (χ1) is 7.70. The van der Waals surface area contributed by atoms with Gasteiger partial charge in [-0.05, 0) is 38.4 Å². The van der Waals surface area contributed by atoms with Gasteiger partial charge in [-0.2, -0.15) is 0 Å². The molecule has 0 fully saturated rings. The lowest BCUT2D eigenvalue weighted by Gasteiger charge is -2.19. The van der Waals surface area contributed by atoms with E-state index in [0.29, 0.717) is 0 Å². The Balaban J connectivity index is 2.81. The summed E-state index contributed by atoms with van der Waals surface area (Å²) in [7, 11) is 1.93. The first-order valence-corrected chi connectivity index (χ1v) is 6.18. The van der Waals surface area contributed by atoms with Crippen LogP contribution in [0.4, 0.5) is 0 Å². The number of allylic oxidation sites excluding steroid dienone is 1. The molecule has 0 heterocycles. The van der Waals surface area contributed by atoms with Crippen LogP contribution >= 0.6 is 23.2 Å². The molecule has 3 heteroatoms. The molecule has 1 aromatic rings. The smallest absolute Gasteiger partial charge is 0.0468 e. The molecule has 0 spiro atoms. The lowest BCUT2D eigenvalue weighted by molar-refractivity contribution is 0.530. The molecule has 0 aliphatic rings. The summed E-state index contributed by atoms with van der Waals surface area (Å²) in [4.78, 5) is 0. The molecule has 1 atom stereocenters. The first kappa shape index (κ1) is 13.6. The molecule has 0 radical (unpaired) electrons. The Labute approximate surface area is 107 Å². The predicted octanol–water partition coefficient (Wildman–Crippen LogP) is 4.61. The van der Waals surface area contributed by atoms with E-state index in [1.54, 1.807) is 0 Å². The molecule has 0 aromatic heterocycles. The van der Waals surface area contributed by atoms with Crippen molar-refractivity contribution in [3.05, 3.63) is 46.5 Å². The van der Waals surface area contributed by atoms with Gasteiger partial charge in [0.1, 0.15) is 0 Å². The molecule has 1 nitrogen and oxygen atoms in total. The summed E-state index contributed by atoms with van der Waals surface area (Å²) in [6, 6.07) is 5.83. The van der Waals surface area contributed by atoms with Crippen LogP contribution < -0.4 is 5.32 Å². The van der Waals surface area contributed by atoms with Crippen molar-refractivity contribution in [2.24, 2.45) is 0 Å². The third-order valence-electron chi connectivity index (χ3n) is 2.60. The van der Waals surface area contributed by atoms with Gasteiger partial charge < -0.3 is 5.32 Å². The van der Waals surface area contributed by atoms with Gasteiger partial charge in [0.05, 0.1) is 0 Å². The zero-order chi connectivity index (χ0) is 12.0. The lowest BCUT2D eigenvalue weighted by atomic mass is 10.0. The fraction of sp³-hybridized carbons (Fsp3) is 0.385. The van der Waals surface area contributed by atoms with Crippen molar-refractivity contribution < 1.29 is 0 Å². The molecule has 0 amide bonds. The Kier molecular flexibility index (Phi) is 5.89. The van der Waals surface area contributed by atoms with Crippen LogP contribution in [0.3, 0.4) is 0 Å². The number of benzene rings is 1. The summed E-state index contributed by atoms with van der Waals surface area (Å²) >= 11 is 12.3.